The summed E-state index contributed by atoms with van der Waals surface area (Å²) in [5, 5.41) is 3.03. The molecule has 1 aliphatic rings. The van der Waals surface area contributed by atoms with E-state index in [4.69, 9.17) is 9.47 Å². The summed E-state index contributed by atoms with van der Waals surface area (Å²) in [6.07, 6.45) is 3.37. The minimum absolute atomic E-state index is 0.0800. The van der Waals surface area contributed by atoms with Gasteiger partial charge in [0.05, 0.1) is 26.7 Å². The number of rotatable bonds is 9. The third kappa shape index (κ3) is 5.99. The number of anilines is 1. The lowest BCUT2D eigenvalue weighted by Gasteiger charge is -2.28. The zero-order chi connectivity index (χ0) is 19.6. The van der Waals surface area contributed by atoms with Crippen LogP contribution in [-0.4, -0.2) is 45.9 Å². The molecule has 150 valence electrons. The molecule has 1 saturated heterocycles. The van der Waals surface area contributed by atoms with E-state index in [0.29, 0.717) is 13.0 Å². The number of amides is 1. The van der Waals surface area contributed by atoms with E-state index in [2.05, 4.69) is 28.4 Å². The van der Waals surface area contributed by atoms with Crippen LogP contribution < -0.4 is 15.0 Å². The van der Waals surface area contributed by atoms with Gasteiger partial charge in [-0.05, 0) is 48.6 Å². The van der Waals surface area contributed by atoms with Gasteiger partial charge in [0, 0.05) is 25.3 Å². The van der Waals surface area contributed by atoms with Crippen LogP contribution in [0.1, 0.15) is 24.0 Å². The van der Waals surface area contributed by atoms with Crippen molar-refractivity contribution in [2.75, 3.05) is 44.9 Å². The van der Waals surface area contributed by atoms with Gasteiger partial charge >= 0.3 is 0 Å². The maximum absolute atomic E-state index is 12.2. The summed E-state index contributed by atoms with van der Waals surface area (Å²) in [6.45, 7) is 4.12. The fourth-order valence-corrected chi connectivity index (χ4v) is 3.47. The topological polar surface area (TPSA) is 50.8 Å². The van der Waals surface area contributed by atoms with Crippen molar-refractivity contribution in [3.05, 3.63) is 59.7 Å². The van der Waals surface area contributed by atoms with E-state index in [9.17, 15) is 4.79 Å². The zero-order valence-corrected chi connectivity index (χ0v) is 16.7. The van der Waals surface area contributed by atoms with Gasteiger partial charge in [0.15, 0.2) is 0 Å². The fraction of sp³-hybridized carbons (Fsp3) is 0.435. The maximum atomic E-state index is 12.2. The van der Waals surface area contributed by atoms with E-state index < -0.39 is 0 Å². The van der Waals surface area contributed by atoms with Crippen molar-refractivity contribution in [3.8, 4) is 5.75 Å². The Hall–Kier alpha value is -2.53. The van der Waals surface area contributed by atoms with Crippen LogP contribution in [0, 0.1) is 0 Å². The molecule has 28 heavy (non-hydrogen) atoms. The average Bonchev–Trinajstić information content (AvgIpc) is 2.75. The molecule has 0 atom stereocenters. The lowest BCUT2D eigenvalue weighted by atomic mass is 10.1. The summed E-state index contributed by atoms with van der Waals surface area (Å²) >= 11 is 0. The van der Waals surface area contributed by atoms with Crippen molar-refractivity contribution in [2.45, 2.75) is 25.7 Å². The highest BCUT2D eigenvalue weighted by molar-refractivity contribution is 5.78. The second-order valence-electron chi connectivity index (χ2n) is 7.06. The zero-order valence-electron chi connectivity index (χ0n) is 16.7. The van der Waals surface area contributed by atoms with E-state index in [1.807, 2.05) is 30.3 Å². The first-order chi connectivity index (χ1) is 13.8. The molecule has 1 amide bonds. The Morgan fingerprint density at radius 2 is 1.82 bits per heavy atom. The predicted molar refractivity (Wildman–Crippen MR) is 112 cm³/mol. The van der Waals surface area contributed by atoms with Crippen molar-refractivity contribution >= 4 is 11.6 Å². The predicted octanol–water partition coefficient (Wildman–Crippen LogP) is 3.21. The Balaban J connectivity index is 1.35. The van der Waals surface area contributed by atoms with Crippen LogP contribution in [0.25, 0.3) is 0 Å². The lowest BCUT2D eigenvalue weighted by molar-refractivity contribution is -0.120. The number of carbonyl (C=O) groups excluding carboxylic acids is 1. The number of unbranched alkanes of at least 4 members (excludes halogenated alkanes) is 1. The molecule has 2 aromatic rings. The van der Waals surface area contributed by atoms with Crippen LogP contribution in [0.4, 0.5) is 5.69 Å². The molecule has 1 fully saturated rings. The van der Waals surface area contributed by atoms with Crippen LogP contribution in [0.2, 0.25) is 0 Å². The van der Waals surface area contributed by atoms with Crippen molar-refractivity contribution in [3.63, 3.8) is 0 Å². The van der Waals surface area contributed by atoms with Gasteiger partial charge in [-0.1, -0.05) is 30.3 Å². The average molecular weight is 383 g/mol. The summed E-state index contributed by atoms with van der Waals surface area (Å²) in [7, 11) is 1.70. The largest absolute Gasteiger partial charge is 0.496 e. The van der Waals surface area contributed by atoms with Gasteiger partial charge in [0.25, 0.3) is 0 Å². The second-order valence-corrected chi connectivity index (χ2v) is 7.06. The van der Waals surface area contributed by atoms with Crippen LogP contribution >= 0.6 is 0 Å². The van der Waals surface area contributed by atoms with Gasteiger partial charge in [-0.25, -0.2) is 0 Å². The van der Waals surface area contributed by atoms with Crippen LogP contribution in [0.5, 0.6) is 5.75 Å². The van der Waals surface area contributed by atoms with Gasteiger partial charge in [0.1, 0.15) is 5.75 Å². The quantitative estimate of drug-likeness (QED) is 0.677. The van der Waals surface area contributed by atoms with Crippen molar-refractivity contribution in [2.24, 2.45) is 0 Å². The molecule has 5 heteroatoms. The molecule has 0 bridgehead atoms. The van der Waals surface area contributed by atoms with E-state index in [1.165, 1.54) is 11.3 Å². The molecule has 5 nitrogen and oxygen atoms in total. The highest BCUT2D eigenvalue weighted by Gasteiger charge is 2.11. The van der Waals surface area contributed by atoms with E-state index in [-0.39, 0.29) is 5.91 Å². The number of hydrogen-bond acceptors (Lipinski definition) is 4. The van der Waals surface area contributed by atoms with Crippen LogP contribution in [0.3, 0.4) is 0 Å². The van der Waals surface area contributed by atoms with Gasteiger partial charge in [-0.2, -0.15) is 0 Å². The molecule has 0 spiro atoms. The van der Waals surface area contributed by atoms with Gasteiger partial charge < -0.3 is 19.7 Å². The number of benzene rings is 2. The Kier molecular flexibility index (Phi) is 7.73. The highest BCUT2D eigenvalue weighted by Crippen LogP contribution is 2.19. The SMILES string of the molecule is COc1ccccc1CCCCNC(=O)Cc1ccc(N2CCOCC2)cc1. The number of nitrogens with one attached hydrogen (secondary N) is 1. The minimum atomic E-state index is 0.0800. The van der Waals surface area contributed by atoms with Crippen molar-refractivity contribution < 1.29 is 14.3 Å². The summed E-state index contributed by atoms with van der Waals surface area (Å²) in [6, 6.07) is 16.4. The number of hydrogen-bond donors (Lipinski definition) is 1. The number of nitrogens with zero attached hydrogens (tertiary/aromatic N) is 1. The fourth-order valence-electron chi connectivity index (χ4n) is 3.47. The number of methoxy groups -OCH3 is 1. The van der Waals surface area contributed by atoms with E-state index in [0.717, 1.165) is 56.9 Å². The molecule has 0 saturated carbocycles. The number of para-hydroxylation sites is 1. The first-order valence-electron chi connectivity index (χ1n) is 10.1. The Morgan fingerprint density at radius 3 is 2.57 bits per heavy atom. The van der Waals surface area contributed by atoms with Crippen LogP contribution in [-0.2, 0) is 22.4 Å². The minimum Gasteiger partial charge on any atom is -0.496 e. The number of ether oxygens (including phenoxy) is 2. The molecule has 1 aliphatic heterocycles. The molecule has 2 aromatic carbocycles. The summed E-state index contributed by atoms with van der Waals surface area (Å²) in [4.78, 5) is 14.5. The van der Waals surface area contributed by atoms with Crippen LogP contribution in [0.15, 0.2) is 48.5 Å². The molecule has 0 unspecified atom stereocenters. The third-order valence-electron chi connectivity index (χ3n) is 5.06. The second kappa shape index (κ2) is 10.7. The molecule has 3 rings (SSSR count). The smallest absolute Gasteiger partial charge is 0.224 e. The number of aryl methyl sites for hydroxylation is 1. The molecule has 0 radical (unpaired) electrons. The third-order valence-corrected chi connectivity index (χ3v) is 5.06. The molecule has 0 aliphatic carbocycles. The van der Waals surface area contributed by atoms with E-state index in [1.54, 1.807) is 7.11 Å². The van der Waals surface area contributed by atoms with E-state index >= 15 is 0 Å². The first kappa shape index (κ1) is 20.2. The maximum Gasteiger partial charge on any atom is 0.224 e. The summed E-state index contributed by atoms with van der Waals surface area (Å²) < 4.78 is 10.8. The van der Waals surface area contributed by atoms with Crippen molar-refractivity contribution in [1.29, 1.82) is 0 Å². The molecule has 1 N–H and O–H groups in total. The summed E-state index contributed by atoms with van der Waals surface area (Å²) in [5.41, 5.74) is 3.46. The van der Waals surface area contributed by atoms with Gasteiger partial charge in [-0.15, -0.1) is 0 Å². The van der Waals surface area contributed by atoms with Crippen molar-refractivity contribution in [1.82, 2.24) is 5.32 Å². The highest BCUT2D eigenvalue weighted by atomic mass is 16.5. The molecule has 1 heterocycles. The summed E-state index contributed by atoms with van der Waals surface area (Å²) in [5.74, 6) is 1.02. The standard InChI is InChI=1S/C23H30N2O3/c1-27-22-8-3-2-6-20(22)7-4-5-13-24-23(26)18-19-9-11-21(12-10-19)25-14-16-28-17-15-25/h2-3,6,8-12H,4-5,7,13-18H2,1H3,(H,24,26). The Morgan fingerprint density at radius 1 is 1.07 bits per heavy atom. The number of morpholine rings is 1. The van der Waals surface area contributed by atoms with Gasteiger partial charge in [-0.3, -0.25) is 4.79 Å². The molecular weight excluding hydrogens is 352 g/mol. The monoisotopic (exact) mass is 382 g/mol. The number of carbonyl (C=O) groups is 1. The Bertz CT molecular complexity index is 740. The normalized spacial score (nSPS) is 14.0. The molecule has 0 aromatic heterocycles. The van der Waals surface area contributed by atoms with Gasteiger partial charge in [0.2, 0.25) is 5.91 Å². The molecular formula is C23H30N2O3. The Labute approximate surface area is 167 Å². The first-order valence-corrected chi connectivity index (χ1v) is 10.1. The lowest BCUT2D eigenvalue weighted by Crippen LogP contribution is -2.36.